The van der Waals surface area contributed by atoms with Crippen LogP contribution < -0.4 is 0 Å². The van der Waals surface area contributed by atoms with Crippen molar-refractivity contribution in [2.45, 2.75) is 55.4 Å². The van der Waals surface area contributed by atoms with Gasteiger partial charge >= 0.3 is 0 Å². The van der Waals surface area contributed by atoms with E-state index in [1.54, 1.807) is 0 Å². The zero-order valence-electron chi connectivity index (χ0n) is 11.3. The van der Waals surface area contributed by atoms with E-state index in [-0.39, 0.29) is 0 Å². The molecule has 0 aromatic rings. The lowest BCUT2D eigenvalue weighted by Gasteiger charge is -2.51. The Kier molecular flexibility index (Phi) is 4.36. The van der Waals surface area contributed by atoms with Gasteiger partial charge in [-0.2, -0.15) is 0 Å². The number of ketones is 1. The summed E-state index contributed by atoms with van der Waals surface area (Å²) in [4.78, 5) is 11.8. The first-order chi connectivity index (χ1) is 7.96. The molecule has 2 fully saturated rings. The molecule has 0 bridgehead atoms. The summed E-state index contributed by atoms with van der Waals surface area (Å²) in [5.74, 6) is 3.79. The summed E-state index contributed by atoms with van der Waals surface area (Å²) >= 11 is 4.40. The second-order valence-corrected chi connectivity index (χ2v) is 15.3. The van der Waals surface area contributed by atoms with E-state index in [2.05, 4.69) is 43.2 Å². The molecule has 1 aliphatic heterocycles. The highest BCUT2D eigenvalue weighted by molar-refractivity contribution is 8.21. The van der Waals surface area contributed by atoms with Gasteiger partial charge in [-0.25, -0.2) is 0 Å². The van der Waals surface area contributed by atoms with E-state index in [4.69, 9.17) is 0 Å². The normalized spacial score (nSPS) is 30.3. The van der Waals surface area contributed by atoms with Gasteiger partial charge in [0, 0.05) is 12.8 Å². The molecule has 2 rings (SSSR count). The first kappa shape index (κ1) is 14.0. The summed E-state index contributed by atoms with van der Waals surface area (Å²) in [7, 11) is -1.25. The average molecular weight is 289 g/mol. The van der Waals surface area contributed by atoms with Gasteiger partial charge in [-0.1, -0.05) is 19.6 Å². The lowest BCUT2D eigenvalue weighted by molar-refractivity contribution is -0.121. The van der Waals surface area contributed by atoms with Gasteiger partial charge in [0.2, 0.25) is 0 Å². The second kappa shape index (κ2) is 5.30. The predicted octanol–water partition coefficient (Wildman–Crippen LogP) is 4.19. The molecule has 17 heavy (non-hydrogen) atoms. The van der Waals surface area contributed by atoms with Crippen molar-refractivity contribution in [2.75, 3.05) is 11.5 Å². The zero-order valence-corrected chi connectivity index (χ0v) is 13.9. The quantitative estimate of drug-likeness (QED) is 0.709. The Balaban J connectivity index is 2.23. The number of carbonyl (C=O) groups excluding carboxylic acids is 1. The fourth-order valence-corrected chi connectivity index (χ4v) is 11.8. The molecule has 1 saturated heterocycles. The molecule has 1 heterocycles. The lowest BCUT2D eigenvalue weighted by atomic mass is 9.89. The molecule has 0 radical (unpaired) electrons. The maximum absolute atomic E-state index is 11.8. The highest BCUT2D eigenvalue weighted by Gasteiger charge is 2.51. The molecular formula is C13H24OS2Si. The molecule has 0 spiro atoms. The summed E-state index contributed by atoms with van der Waals surface area (Å²) in [5, 5.41) is 0. The Morgan fingerprint density at radius 3 is 2.35 bits per heavy atom. The third-order valence-electron chi connectivity index (χ3n) is 3.99. The minimum atomic E-state index is -1.25. The first-order valence-corrected chi connectivity index (χ1v) is 12.2. The molecule has 0 amide bonds. The van der Waals surface area contributed by atoms with Crippen molar-refractivity contribution in [1.82, 2.24) is 0 Å². The van der Waals surface area contributed by atoms with Crippen LogP contribution in [0.15, 0.2) is 0 Å². The molecule has 1 atom stereocenters. The number of thioether (sulfide) groups is 2. The largest absolute Gasteiger partial charge is 0.300 e. The van der Waals surface area contributed by atoms with Crippen molar-refractivity contribution in [3.8, 4) is 0 Å². The van der Waals surface area contributed by atoms with Gasteiger partial charge < -0.3 is 0 Å². The van der Waals surface area contributed by atoms with Crippen LogP contribution in [0.4, 0.5) is 0 Å². The number of carbonyl (C=O) groups is 1. The van der Waals surface area contributed by atoms with E-state index in [1.807, 2.05) is 0 Å². The molecule has 0 N–H and O–H groups in total. The van der Waals surface area contributed by atoms with Gasteiger partial charge in [0.1, 0.15) is 5.78 Å². The van der Waals surface area contributed by atoms with Crippen LogP contribution in [-0.4, -0.2) is 29.1 Å². The molecule has 0 aromatic carbocycles. The summed E-state index contributed by atoms with van der Waals surface area (Å²) < 4.78 is 0.418. The van der Waals surface area contributed by atoms with E-state index >= 15 is 0 Å². The number of hydrogen-bond donors (Lipinski definition) is 0. The maximum Gasteiger partial charge on any atom is 0.133 e. The summed E-state index contributed by atoms with van der Waals surface area (Å²) in [6.45, 7) is 7.49. The molecule has 1 saturated carbocycles. The Hall–Kier alpha value is 0.587. The number of hydrogen-bond acceptors (Lipinski definition) is 3. The average Bonchev–Trinajstić information content (AvgIpc) is 2.28. The molecule has 98 valence electrons. The molecule has 1 aliphatic carbocycles. The number of Topliss-reactive ketones (excluding diaryl/α,β-unsaturated/α-hetero) is 1. The molecule has 2 aliphatic rings. The minimum absolute atomic E-state index is 0.418. The summed E-state index contributed by atoms with van der Waals surface area (Å²) in [6.07, 6.45) is 5.48. The van der Waals surface area contributed by atoms with Crippen molar-refractivity contribution in [3.05, 3.63) is 0 Å². The highest BCUT2D eigenvalue weighted by atomic mass is 32.2. The minimum Gasteiger partial charge on any atom is -0.300 e. The Labute approximate surface area is 115 Å². The van der Waals surface area contributed by atoms with E-state index in [0.717, 1.165) is 19.3 Å². The van der Waals surface area contributed by atoms with Gasteiger partial charge in [-0.3, -0.25) is 4.79 Å². The lowest BCUT2D eigenvalue weighted by Crippen LogP contribution is -2.54. The molecule has 1 nitrogen and oxygen atoms in total. The van der Waals surface area contributed by atoms with Gasteiger partial charge in [0.25, 0.3) is 0 Å². The molecule has 1 unspecified atom stereocenters. The van der Waals surface area contributed by atoms with Crippen LogP contribution >= 0.6 is 23.5 Å². The van der Waals surface area contributed by atoms with E-state index in [0.29, 0.717) is 15.4 Å². The molecular weight excluding hydrogens is 264 g/mol. The van der Waals surface area contributed by atoms with Crippen molar-refractivity contribution in [1.29, 1.82) is 0 Å². The Morgan fingerprint density at radius 1 is 1.18 bits per heavy atom. The SMILES string of the molecule is C[Si](C)(C)C1(C2CCCC(=O)C2)SCCCS1. The van der Waals surface area contributed by atoms with Gasteiger partial charge in [0.05, 0.1) is 11.8 Å². The van der Waals surface area contributed by atoms with Crippen LogP contribution in [0, 0.1) is 5.92 Å². The zero-order chi connectivity index (χ0) is 12.5. The van der Waals surface area contributed by atoms with Crippen molar-refractivity contribution in [3.63, 3.8) is 0 Å². The topological polar surface area (TPSA) is 17.1 Å². The molecule has 4 heteroatoms. The van der Waals surface area contributed by atoms with Crippen molar-refractivity contribution < 1.29 is 4.79 Å². The summed E-state index contributed by atoms with van der Waals surface area (Å²) in [6, 6.07) is 0. The van der Waals surface area contributed by atoms with E-state index in [9.17, 15) is 4.79 Å². The van der Waals surface area contributed by atoms with E-state index in [1.165, 1.54) is 24.3 Å². The van der Waals surface area contributed by atoms with Crippen LogP contribution in [0.2, 0.25) is 19.6 Å². The van der Waals surface area contributed by atoms with Crippen LogP contribution in [0.5, 0.6) is 0 Å². The third-order valence-corrected chi connectivity index (χ3v) is 14.2. The molecule has 0 aromatic heterocycles. The van der Waals surface area contributed by atoms with Crippen molar-refractivity contribution in [2.24, 2.45) is 5.92 Å². The van der Waals surface area contributed by atoms with Crippen LogP contribution in [0.25, 0.3) is 0 Å². The highest BCUT2D eigenvalue weighted by Crippen LogP contribution is 2.56. The van der Waals surface area contributed by atoms with Crippen LogP contribution in [-0.2, 0) is 4.79 Å². The maximum atomic E-state index is 11.8. The predicted molar refractivity (Wildman–Crippen MR) is 82.6 cm³/mol. The van der Waals surface area contributed by atoms with Crippen LogP contribution in [0.1, 0.15) is 32.1 Å². The Morgan fingerprint density at radius 2 is 1.82 bits per heavy atom. The van der Waals surface area contributed by atoms with E-state index < -0.39 is 8.07 Å². The summed E-state index contributed by atoms with van der Waals surface area (Å²) in [5.41, 5.74) is 0. The first-order valence-electron chi connectivity index (χ1n) is 6.75. The Bertz CT molecular complexity index is 292. The van der Waals surface area contributed by atoms with Crippen molar-refractivity contribution >= 4 is 37.4 Å². The monoisotopic (exact) mass is 288 g/mol. The fourth-order valence-electron chi connectivity index (χ4n) is 3.18. The van der Waals surface area contributed by atoms with Crippen LogP contribution in [0.3, 0.4) is 0 Å². The van der Waals surface area contributed by atoms with Gasteiger partial charge in [-0.15, -0.1) is 23.5 Å². The van der Waals surface area contributed by atoms with Gasteiger partial charge in [0.15, 0.2) is 0 Å². The second-order valence-electron chi connectivity index (χ2n) is 6.30. The third kappa shape index (κ3) is 2.79. The standard InChI is InChI=1S/C13H24OS2Si/c1-17(2,3)13(15-8-5-9-16-13)11-6-4-7-12(14)10-11/h11H,4-10H2,1-3H3. The smallest absolute Gasteiger partial charge is 0.133 e. The fraction of sp³-hybridized carbons (Fsp3) is 0.923. The van der Waals surface area contributed by atoms with Gasteiger partial charge in [-0.05, 0) is 36.7 Å². The number of rotatable bonds is 2.